The summed E-state index contributed by atoms with van der Waals surface area (Å²) in [5, 5.41) is 20.0. The lowest BCUT2D eigenvalue weighted by molar-refractivity contribution is -0.0345. The molecule has 0 spiro atoms. The maximum absolute atomic E-state index is 10.4. The fourth-order valence-electron chi connectivity index (χ4n) is 2.52. The van der Waals surface area contributed by atoms with Crippen molar-refractivity contribution in [3.63, 3.8) is 0 Å². The Labute approximate surface area is 108 Å². The molecule has 1 saturated carbocycles. The summed E-state index contributed by atoms with van der Waals surface area (Å²) in [7, 11) is 0. The summed E-state index contributed by atoms with van der Waals surface area (Å²) in [5.74, 6) is 0.673. The van der Waals surface area contributed by atoms with Crippen molar-refractivity contribution < 1.29 is 14.9 Å². The summed E-state index contributed by atoms with van der Waals surface area (Å²) in [4.78, 5) is 0. The molecule has 1 aromatic carbocycles. The van der Waals surface area contributed by atoms with Crippen LogP contribution in [0.15, 0.2) is 24.3 Å². The van der Waals surface area contributed by atoms with E-state index >= 15 is 0 Å². The Morgan fingerprint density at radius 1 is 1.22 bits per heavy atom. The molecule has 1 aromatic rings. The van der Waals surface area contributed by atoms with Crippen LogP contribution in [0.25, 0.3) is 0 Å². The molecular weight excluding hydrogens is 228 g/mol. The van der Waals surface area contributed by atoms with Crippen LogP contribution in [0.2, 0.25) is 0 Å². The van der Waals surface area contributed by atoms with E-state index in [1.54, 1.807) is 6.92 Å². The number of hydrogen-bond acceptors (Lipinski definition) is 3. The second-order valence-electron chi connectivity index (χ2n) is 5.29. The van der Waals surface area contributed by atoms with Gasteiger partial charge in [-0.15, -0.1) is 0 Å². The highest BCUT2D eigenvalue weighted by atomic mass is 16.5. The van der Waals surface area contributed by atoms with Crippen molar-refractivity contribution in [2.45, 2.75) is 50.7 Å². The first-order valence-electron chi connectivity index (χ1n) is 6.73. The lowest BCUT2D eigenvalue weighted by Crippen LogP contribution is -2.38. The predicted molar refractivity (Wildman–Crippen MR) is 70.6 cm³/mol. The highest BCUT2D eigenvalue weighted by Crippen LogP contribution is 2.30. The second kappa shape index (κ2) is 5.72. The SMILES string of the molecule is C[C@H](O)c1ccccc1OCC1(O)CCCCC1. The summed E-state index contributed by atoms with van der Waals surface area (Å²) in [5.41, 5.74) is 0.0845. The van der Waals surface area contributed by atoms with Crippen molar-refractivity contribution in [2.75, 3.05) is 6.61 Å². The fourth-order valence-corrected chi connectivity index (χ4v) is 2.52. The Balaban J connectivity index is 2.01. The van der Waals surface area contributed by atoms with Gasteiger partial charge in [-0.05, 0) is 25.8 Å². The van der Waals surface area contributed by atoms with Gasteiger partial charge >= 0.3 is 0 Å². The predicted octanol–water partition coefficient (Wildman–Crippen LogP) is 2.81. The van der Waals surface area contributed by atoms with Crippen LogP contribution in [0.1, 0.15) is 50.7 Å². The van der Waals surface area contributed by atoms with Crippen LogP contribution in [0.3, 0.4) is 0 Å². The molecule has 1 aliphatic carbocycles. The summed E-state index contributed by atoms with van der Waals surface area (Å²) < 4.78 is 5.73. The van der Waals surface area contributed by atoms with Crippen molar-refractivity contribution in [1.82, 2.24) is 0 Å². The Morgan fingerprint density at radius 3 is 2.56 bits per heavy atom. The summed E-state index contributed by atoms with van der Waals surface area (Å²) in [6.07, 6.45) is 4.40. The molecule has 0 radical (unpaired) electrons. The zero-order chi connectivity index (χ0) is 13.0. The van der Waals surface area contributed by atoms with E-state index in [-0.39, 0.29) is 0 Å². The maximum atomic E-state index is 10.4. The molecule has 1 atom stereocenters. The van der Waals surface area contributed by atoms with Crippen molar-refractivity contribution in [3.8, 4) is 5.75 Å². The van der Waals surface area contributed by atoms with Crippen molar-refractivity contribution in [3.05, 3.63) is 29.8 Å². The molecule has 1 fully saturated rings. The molecule has 0 amide bonds. The topological polar surface area (TPSA) is 49.7 Å². The zero-order valence-corrected chi connectivity index (χ0v) is 10.9. The molecule has 0 bridgehead atoms. The van der Waals surface area contributed by atoms with Gasteiger partial charge in [0, 0.05) is 5.56 Å². The third-order valence-corrected chi connectivity index (χ3v) is 3.65. The van der Waals surface area contributed by atoms with E-state index in [1.165, 1.54) is 6.42 Å². The first kappa shape index (κ1) is 13.4. The minimum absolute atomic E-state index is 0.316. The van der Waals surface area contributed by atoms with Gasteiger partial charge in [0.2, 0.25) is 0 Å². The van der Waals surface area contributed by atoms with E-state index in [0.29, 0.717) is 12.4 Å². The normalized spacial score (nSPS) is 20.4. The number of para-hydroxylation sites is 1. The molecule has 0 unspecified atom stereocenters. The fraction of sp³-hybridized carbons (Fsp3) is 0.600. The Hall–Kier alpha value is -1.06. The Morgan fingerprint density at radius 2 is 1.89 bits per heavy atom. The first-order valence-corrected chi connectivity index (χ1v) is 6.73. The van der Waals surface area contributed by atoms with Crippen molar-refractivity contribution >= 4 is 0 Å². The minimum atomic E-state index is -0.690. The molecule has 1 aliphatic rings. The monoisotopic (exact) mass is 250 g/mol. The molecule has 3 heteroatoms. The van der Waals surface area contributed by atoms with Crippen LogP contribution < -0.4 is 4.74 Å². The molecule has 18 heavy (non-hydrogen) atoms. The van der Waals surface area contributed by atoms with Gasteiger partial charge in [-0.2, -0.15) is 0 Å². The van der Waals surface area contributed by atoms with Gasteiger partial charge in [0.25, 0.3) is 0 Å². The molecule has 100 valence electrons. The third-order valence-electron chi connectivity index (χ3n) is 3.65. The number of ether oxygens (including phenoxy) is 1. The summed E-state index contributed by atoms with van der Waals surface area (Å²) in [6, 6.07) is 7.45. The zero-order valence-electron chi connectivity index (χ0n) is 10.9. The van der Waals surface area contributed by atoms with E-state index in [1.807, 2.05) is 24.3 Å². The van der Waals surface area contributed by atoms with Gasteiger partial charge in [-0.3, -0.25) is 0 Å². The van der Waals surface area contributed by atoms with E-state index in [2.05, 4.69) is 0 Å². The number of benzene rings is 1. The minimum Gasteiger partial charge on any atom is -0.490 e. The van der Waals surface area contributed by atoms with Crippen LogP contribution in [0.4, 0.5) is 0 Å². The second-order valence-corrected chi connectivity index (χ2v) is 5.29. The molecular formula is C15H22O3. The molecule has 0 aliphatic heterocycles. The van der Waals surface area contributed by atoms with E-state index in [0.717, 1.165) is 31.2 Å². The number of aliphatic hydroxyl groups excluding tert-OH is 1. The maximum Gasteiger partial charge on any atom is 0.125 e. The highest BCUT2D eigenvalue weighted by molar-refractivity contribution is 5.34. The van der Waals surface area contributed by atoms with Crippen LogP contribution in [0.5, 0.6) is 5.75 Å². The quantitative estimate of drug-likeness (QED) is 0.864. The first-order chi connectivity index (χ1) is 8.61. The van der Waals surface area contributed by atoms with Crippen LogP contribution in [0, 0.1) is 0 Å². The van der Waals surface area contributed by atoms with Gasteiger partial charge in [0.05, 0.1) is 11.7 Å². The lowest BCUT2D eigenvalue weighted by atomic mass is 9.85. The van der Waals surface area contributed by atoms with Crippen LogP contribution >= 0.6 is 0 Å². The third kappa shape index (κ3) is 3.24. The number of rotatable bonds is 4. The molecule has 0 saturated heterocycles. The van der Waals surface area contributed by atoms with Crippen molar-refractivity contribution in [2.24, 2.45) is 0 Å². The molecule has 3 nitrogen and oxygen atoms in total. The molecule has 2 N–H and O–H groups in total. The number of aliphatic hydroxyl groups is 2. The molecule has 2 rings (SSSR count). The van der Waals surface area contributed by atoms with Gasteiger partial charge in [-0.25, -0.2) is 0 Å². The summed E-state index contributed by atoms with van der Waals surface area (Å²) in [6.45, 7) is 2.04. The number of hydrogen-bond donors (Lipinski definition) is 2. The Bertz CT molecular complexity index is 381. The van der Waals surface area contributed by atoms with Crippen molar-refractivity contribution in [1.29, 1.82) is 0 Å². The van der Waals surface area contributed by atoms with Gasteiger partial charge < -0.3 is 14.9 Å². The smallest absolute Gasteiger partial charge is 0.125 e. The highest BCUT2D eigenvalue weighted by Gasteiger charge is 2.30. The standard InChI is InChI=1S/C15H22O3/c1-12(16)13-7-3-4-8-14(13)18-11-15(17)9-5-2-6-10-15/h3-4,7-8,12,16-17H,2,5-6,9-11H2,1H3/t12-/m0/s1. The lowest BCUT2D eigenvalue weighted by Gasteiger charge is -2.32. The average molecular weight is 250 g/mol. The van der Waals surface area contributed by atoms with Gasteiger partial charge in [0.1, 0.15) is 12.4 Å². The average Bonchev–Trinajstić information content (AvgIpc) is 2.38. The Kier molecular flexibility index (Phi) is 4.25. The molecule has 0 heterocycles. The van der Waals surface area contributed by atoms with Crippen LogP contribution in [-0.2, 0) is 0 Å². The van der Waals surface area contributed by atoms with Gasteiger partial charge in [-0.1, -0.05) is 37.5 Å². The van der Waals surface area contributed by atoms with E-state index in [9.17, 15) is 10.2 Å². The van der Waals surface area contributed by atoms with Gasteiger partial charge in [0.15, 0.2) is 0 Å². The summed E-state index contributed by atoms with van der Waals surface area (Å²) >= 11 is 0. The van der Waals surface area contributed by atoms with Crippen LogP contribution in [-0.4, -0.2) is 22.4 Å². The van der Waals surface area contributed by atoms with E-state index in [4.69, 9.17) is 4.74 Å². The largest absolute Gasteiger partial charge is 0.490 e. The van der Waals surface area contributed by atoms with E-state index < -0.39 is 11.7 Å². The molecule has 0 aromatic heterocycles.